The fraction of sp³-hybridized carbons (Fsp3) is 0.417. The molecule has 0 aliphatic heterocycles. The highest BCUT2D eigenvalue weighted by atomic mass is 16.5. The van der Waals surface area contributed by atoms with E-state index in [1.54, 1.807) is 0 Å². The molecule has 1 heterocycles. The maximum absolute atomic E-state index is 5.81. The van der Waals surface area contributed by atoms with E-state index in [2.05, 4.69) is 61.3 Å². The van der Waals surface area contributed by atoms with E-state index in [9.17, 15) is 0 Å². The summed E-state index contributed by atoms with van der Waals surface area (Å²) in [6, 6.07) is 15.3. The summed E-state index contributed by atoms with van der Waals surface area (Å²) < 4.78 is 5.81. The monoisotopic (exact) mass is 364 g/mol. The lowest BCUT2D eigenvalue weighted by Crippen LogP contribution is -1.99. The third kappa shape index (κ3) is 4.72. The predicted octanol–water partition coefficient (Wildman–Crippen LogP) is 5.86. The van der Waals surface area contributed by atoms with Gasteiger partial charge in [0.1, 0.15) is 5.75 Å². The van der Waals surface area contributed by atoms with Gasteiger partial charge >= 0.3 is 0 Å². The molecule has 0 spiro atoms. The minimum absolute atomic E-state index is 0.752. The zero-order valence-corrected chi connectivity index (χ0v) is 16.7. The molecule has 0 fully saturated rings. The average Bonchev–Trinajstić information content (AvgIpc) is 3.06. The smallest absolute Gasteiger partial charge is 0.119 e. The Balaban J connectivity index is 1.93. The number of nitrogens with one attached hydrogen (secondary N) is 1. The molecule has 0 amide bonds. The van der Waals surface area contributed by atoms with Crippen molar-refractivity contribution in [3.8, 4) is 17.0 Å². The largest absolute Gasteiger partial charge is 0.494 e. The van der Waals surface area contributed by atoms with Crippen LogP contribution in [-0.4, -0.2) is 18.1 Å². The highest BCUT2D eigenvalue weighted by Crippen LogP contribution is 2.33. The molecule has 0 aliphatic carbocycles. The Morgan fingerprint density at radius 3 is 2.48 bits per heavy atom. The lowest BCUT2D eigenvalue weighted by molar-refractivity contribution is 0.309. The first-order valence-corrected chi connectivity index (χ1v) is 10.3. The normalized spacial score (nSPS) is 11.2. The van der Waals surface area contributed by atoms with Gasteiger partial charge in [0, 0.05) is 16.6 Å². The van der Waals surface area contributed by atoms with E-state index < -0.39 is 0 Å². The summed E-state index contributed by atoms with van der Waals surface area (Å²) in [7, 11) is 0. The van der Waals surface area contributed by atoms with E-state index in [1.165, 1.54) is 33.3 Å². The molecule has 3 nitrogen and oxygen atoms in total. The molecule has 2 aromatic carbocycles. The summed E-state index contributed by atoms with van der Waals surface area (Å²) in [5.41, 5.74) is 12.2. The fourth-order valence-electron chi connectivity index (χ4n) is 3.52. The van der Waals surface area contributed by atoms with Gasteiger partial charge in [-0.3, -0.25) is 0 Å². The second kappa shape index (κ2) is 9.61. The predicted molar refractivity (Wildman–Crippen MR) is 116 cm³/mol. The van der Waals surface area contributed by atoms with Crippen LogP contribution in [-0.2, 0) is 12.8 Å². The maximum Gasteiger partial charge on any atom is 0.119 e. The number of H-pyrrole nitrogens is 1. The van der Waals surface area contributed by atoms with Crippen molar-refractivity contribution in [3.63, 3.8) is 0 Å². The molecule has 0 atom stereocenters. The van der Waals surface area contributed by atoms with Crippen LogP contribution in [0.15, 0.2) is 42.5 Å². The van der Waals surface area contributed by atoms with E-state index in [0.29, 0.717) is 0 Å². The topological polar surface area (TPSA) is 51.0 Å². The molecule has 1 aromatic heterocycles. The molecule has 3 aromatic rings. The second-order valence-electron chi connectivity index (χ2n) is 7.18. The molecule has 0 bridgehead atoms. The average molecular weight is 365 g/mol. The molecule has 27 heavy (non-hydrogen) atoms. The van der Waals surface area contributed by atoms with Gasteiger partial charge in [0.05, 0.1) is 6.61 Å². The van der Waals surface area contributed by atoms with Gasteiger partial charge < -0.3 is 15.5 Å². The zero-order valence-electron chi connectivity index (χ0n) is 16.7. The van der Waals surface area contributed by atoms with Crippen LogP contribution in [0.4, 0.5) is 0 Å². The van der Waals surface area contributed by atoms with Gasteiger partial charge in [-0.05, 0) is 91.7 Å². The number of aryl methyl sites for hydroxylation is 2. The fourth-order valence-corrected chi connectivity index (χ4v) is 3.52. The van der Waals surface area contributed by atoms with Gasteiger partial charge in [0.15, 0.2) is 0 Å². The number of aromatic nitrogens is 1. The lowest BCUT2D eigenvalue weighted by atomic mass is 9.99. The summed E-state index contributed by atoms with van der Waals surface area (Å²) in [5, 5.41) is 1.35. The number of aromatic amines is 1. The molecule has 3 heteroatoms. The third-order valence-corrected chi connectivity index (χ3v) is 5.17. The van der Waals surface area contributed by atoms with E-state index in [0.717, 1.165) is 57.4 Å². The number of hydrogen-bond acceptors (Lipinski definition) is 2. The lowest BCUT2D eigenvalue weighted by Gasteiger charge is -2.08. The number of unbranched alkanes of at least 4 members (excludes halogenated alkanes) is 2. The molecule has 0 saturated carbocycles. The first-order chi connectivity index (χ1) is 13.3. The molecule has 0 radical (unpaired) electrons. The number of rotatable bonds is 10. The van der Waals surface area contributed by atoms with Gasteiger partial charge in [0.25, 0.3) is 0 Å². The summed E-state index contributed by atoms with van der Waals surface area (Å²) in [6.45, 7) is 5.92. The molecule has 3 N–H and O–H groups in total. The Morgan fingerprint density at radius 2 is 1.78 bits per heavy atom. The van der Waals surface area contributed by atoms with Gasteiger partial charge in [-0.15, -0.1) is 0 Å². The number of nitrogens with two attached hydrogens (primary N) is 1. The zero-order chi connectivity index (χ0) is 19.1. The first kappa shape index (κ1) is 19.5. The highest BCUT2D eigenvalue weighted by Gasteiger charge is 2.13. The molecule has 144 valence electrons. The summed E-state index contributed by atoms with van der Waals surface area (Å²) >= 11 is 0. The van der Waals surface area contributed by atoms with E-state index >= 15 is 0 Å². The van der Waals surface area contributed by atoms with Gasteiger partial charge in [-0.25, -0.2) is 0 Å². The van der Waals surface area contributed by atoms with Crippen LogP contribution in [0.1, 0.15) is 50.7 Å². The molecule has 3 rings (SSSR count). The molecule has 0 aliphatic rings. The quantitative estimate of drug-likeness (QED) is 0.443. The van der Waals surface area contributed by atoms with Crippen molar-refractivity contribution < 1.29 is 4.74 Å². The van der Waals surface area contributed by atoms with Crippen LogP contribution in [0.25, 0.3) is 22.2 Å². The Morgan fingerprint density at radius 1 is 0.963 bits per heavy atom. The van der Waals surface area contributed by atoms with Crippen LogP contribution in [0.5, 0.6) is 5.75 Å². The number of benzene rings is 2. The molecular weight excluding hydrogens is 332 g/mol. The Kier molecular flexibility index (Phi) is 6.94. The molecular formula is C24H32N2O. The van der Waals surface area contributed by atoms with Crippen molar-refractivity contribution in [2.24, 2.45) is 5.73 Å². The highest BCUT2D eigenvalue weighted by molar-refractivity contribution is 5.91. The van der Waals surface area contributed by atoms with Crippen molar-refractivity contribution in [1.29, 1.82) is 0 Å². The number of fused-ring (bicyclic) bond motifs is 1. The maximum atomic E-state index is 5.81. The van der Waals surface area contributed by atoms with E-state index in [1.807, 2.05) is 0 Å². The second-order valence-corrected chi connectivity index (χ2v) is 7.18. The molecule has 0 saturated heterocycles. The Labute approximate surface area is 162 Å². The Bertz CT molecular complexity index is 849. The van der Waals surface area contributed by atoms with Gasteiger partial charge in [-0.1, -0.05) is 26.3 Å². The van der Waals surface area contributed by atoms with Gasteiger partial charge in [0.2, 0.25) is 0 Å². The summed E-state index contributed by atoms with van der Waals surface area (Å²) in [5.74, 6) is 0.946. The first-order valence-electron chi connectivity index (χ1n) is 10.3. The number of hydrogen-bond donors (Lipinski definition) is 2. The Hall–Kier alpha value is -2.26. The van der Waals surface area contributed by atoms with Crippen molar-refractivity contribution in [1.82, 2.24) is 4.98 Å². The minimum atomic E-state index is 0.752. The third-order valence-electron chi connectivity index (χ3n) is 5.17. The van der Waals surface area contributed by atoms with Crippen LogP contribution in [0.2, 0.25) is 0 Å². The van der Waals surface area contributed by atoms with Crippen molar-refractivity contribution in [2.45, 2.75) is 52.4 Å². The minimum Gasteiger partial charge on any atom is -0.494 e. The van der Waals surface area contributed by atoms with Crippen LogP contribution in [0.3, 0.4) is 0 Å². The van der Waals surface area contributed by atoms with Crippen LogP contribution < -0.4 is 10.5 Å². The standard InChI is InChI=1S/C24H32N2O/c1-3-5-16-27-20-12-10-19(11-13-20)24-21(8-6-7-15-25)22-17-18(4-2)9-14-23(22)26-24/h9-14,17,26H,3-8,15-16,25H2,1-2H3. The summed E-state index contributed by atoms with van der Waals surface area (Å²) in [4.78, 5) is 3.66. The van der Waals surface area contributed by atoms with Crippen molar-refractivity contribution >= 4 is 10.9 Å². The number of ether oxygens (including phenoxy) is 1. The molecule has 0 unspecified atom stereocenters. The summed E-state index contributed by atoms with van der Waals surface area (Å²) in [6.07, 6.45) is 6.53. The van der Waals surface area contributed by atoms with Crippen LogP contribution >= 0.6 is 0 Å². The van der Waals surface area contributed by atoms with Gasteiger partial charge in [-0.2, -0.15) is 0 Å². The van der Waals surface area contributed by atoms with E-state index in [-0.39, 0.29) is 0 Å². The SMILES string of the molecule is CCCCOc1ccc(-c2[nH]c3ccc(CC)cc3c2CCCCN)cc1. The van der Waals surface area contributed by atoms with Crippen molar-refractivity contribution in [3.05, 3.63) is 53.6 Å². The van der Waals surface area contributed by atoms with E-state index in [4.69, 9.17) is 10.5 Å². The van der Waals surface area contributed by atoms with Crippen LogP contribution in [0, 0.1) is 0 Å². The van der Waals surface area contributed by atoms with Crippen molar-refractivity contribution in [2.75, 3.05) is 13.2 Å².